The van der Waals surface area contributed by atoms with Crippen LogP contribution in [-0.4, -0.2) is 63.1 Å². The fourth-order valence-electron chi connectivity index (χ4n) is 3.85. The zero-order valence-electron chi connectivity index (χ0n) is 20.1. The molecule has 1 saturated heterocycles. The summed E-state index contributed by atoms with van der Waals surface area (Å²) < 4.78 is 38.7. The summed E-state index contributed by atoms with van der Waals surface area (Å²) in [6.45, 7) is 5.18. The first-order chi connectivity index (χ1) is 16.7. The molecule has 0 atom stereocenters. The Morgan fingerprint density at radius 1 is 0.943 bits per heavy atom. The van der Waals surface area contributed by atoms with E-state index in [9.17, 15) is 8.42 Å². The number of hydrogen-bond acceptors (Lipinski definition) is 8. The highest BCUT2D eigenvalue weighted by Crippen LogP contribution is 2.33. The van der Waals surface area contributed by atoms with Gasteiger partial charge in [0.15, 0.2) is 0 Å². The number of ether oxygens (including phenoxy) is 2. The highest BCUT2D eigenvalue weighted by Gasteiger charge is 2.32. The highest BCUT2D eigenvalue weighted by molar-refractivity contribution is 7.89. The third kappa shape index (κ3) is 5.44. The number of aromatic nitrogens is 2. The summed E-state index contributed by atoms with van der Waals surface area (Å²) in [5.41, 5.74) is 2.43. The van der Waals surface area contributed by atoms with Crippen molar-refractivity contribution in [2.75, 3.05) is 50.6 Å². The van der Waals surface area contributed by atoms with Crippen LogP contribution in [0.5, 0.6) is 11.5 Å². The minimum Gasteiger partial charge on any atom is -0.497 e. The van der Waals surface area contributed by atoms with Gasteiger partial charge in [0.05, 0.1) is 14.2 Å². The molecule has 0 aliphatic carbocycles. The fourth-order valence-corrected chi connectivity index (χ4v) is 5.66. The molecule has 2 aromatic carbocycles. The van der Waals surface area contributed by atoms with Crippen molar-refractivity contribution in [3.8, 4) is 11.5 Å². The molecule has 1 N–H and O–H groups in total. The summed E-state index contributed by atoms with van der Waals surface area (Å²) in [5, 5.41) is 3.67. The molecule has 1 aromatic heterocycles. The van der Waals surface area contributed by atoms with Crippen LogP contribution >= 0.6 is 11.6 Å². The van der Waals surface area contributed by atoms with Crippen LogP contribution in [-0.2, 0) is 10.0 Å². The molecule has 0 amide bonds. The molecule has 3 aromatic rings. The molecule has 1 aliphatic heterocycles. The minimum absolute atomic E-state index is 0.0711. The van der Waals surface area contributed by atoms with Crippen molar-refractivity contribution in [3.05, 3.63) is 58.7 Å². The quantitative estimate of drug-likeness (QED) is 0.502. The van der Waals surface area contributed by atoms with E-state index < -0.39 is 10.0 Å². The molecule has 2 heterocycles. The van der Waals surface area contributed by atoms with Gasteiger partial charge in [-0.15, -0.1) is 0 Å². The highest BCUT2D eigenvalue weighted by atomic mass is 35.5. The lowest BCUT2D eigenvalue weighted by Gasteiger charge is -2.34. The van der Waals surface area contributed by atoms with Crippen LogP contribution in [0, 0.1) is 13.8 Å². The Morgan fingerprint density at radius 2 is 1.63 bits per heavy atom. The first kappa shape index (κ1) is 25.0. The molecular weight excluding hydrogens is 490 g/mol. The molecule has 0 saturated carbocycles. The number of aryl methyl sites for hydroxylation is 2. The number of halogens is 1. The second-order valence-corrected chi connectivity index (χ2v) is 10.5. The van der Waals surface area contributed by atoms with Crippen molar-refractivity contribution >= 4 is 39.1 Å². The third-order valence-corrected chi connectivity index (χ3v) is 8.12. The SMILES string of the molecule is COc1ccc(Nc2cc(C)nc(N3CCN(S(=O)(=O)c4cc(Cl)c(C)cc4OC)CC3)n2)cc1. The van der Waals surface area contributed by atoms with Gasteiger partial charge in [-0.3, -0.25) is 0 Å². The van der Waals surface area contributed by atoms with E-state index in [0.29, 0.717) is 29.9 Å². The van der Waals surface area contributed by atoms with Crippen LogP contribution in [0.3, 0.4) is 0 Å². The Labute approximate surface area is 210 Å². The Balaban J connectivity index is 1.49. The van der Waals surface area contributed by atoms with Crippen molar-refractivity contribution in [2.45, 2.75) is 18.7 Å². The van der Waals surface area contributed by atoms with Gasteiger partial charge in [-0.2, -0.15) is 9.29 Å². The molecule has 0 unspecified atom stereocenters. The van der Waals surface area contributed by atoms with Crippen molar-refractivity contribution < 1.29 is 17.9 Å². The van der Waals surface area contributed by atoms with E-state index in [4.69, 9.17) is 21.1 Å². The number of anilines is 3. The van der Waals surface area contributed by atoms with Crippen molar-refractivity contribution in [1.29, 1.82) is 0 Å². The number of sulfonamides is 1. The Bertz CT molecular complexity index is 1310. The van der Waals surface area contributed by atoms with Gasteiger partial charge in [-0.05, 0) is 55.8 Å². The van der Waals surface area contributed by atoms with E-state index in [-0.39, 0.29) is 23.7 Å². The predicted octanol–water partition coefficient (Wildman–Crippen LogP) is 4.02. The Kier molecular flexibility index (Phi) is 7.34. The van der Waals surface area contributed by atoms with Gasteiger partial charge in [0.25, 0.3) is 0 Å². The Morgan fingerprint density at radius 3 is 2.26 bits per heavy atom. The first-order valence-corrected chi connectivity index (χ1v) is 12.9. The molecular formula is C24H28ClN5O4S. The van der Waals surface area contributed by atoms with Gasteiger partial charge in [0.2, 0.25) is 16.0 Å². The molecule has 4 rings (SSSR count). The molecule has 0 bridgehead atoms. The van der Waals surface area contributed by atoms with Crippen LogP contribution in [0.1, 0.15) is 11.3 Å². The molecule has 1 fully saturated rings. The number of benzene rings is 2. The number of methoxy groups -OCH3 is 2. The van der Waals surface area contributed by atoms with Gasteiger partial charge in [-0.1, -0.05) is 11.6 Å². The zero-order valence-corrected chi connectivity index (χ0v) is 21.7. The van der Waals surface area contributed by atoms with E-state index in [0.717, 1.165) is 22.7 Å². The van der Waals surface area contributed by atoms with Crippen molar-refractivity contribution in [2.24, 2.45) is 0 Å². The standard InChI is InChI=1S/C24H28ClN5O4S/c1-16-13-21(34-4)22(15-20(16)25)35(31,32)30-11-9-29(10-12-30)24-26-17(2)14-23(28-24)27-18-5-7-19(33-3)8-6-18/h5-8,13-15H,9-12H2,1-4H3,(H,26,27,28). The Hall–Kier alpha value is -3.08. The van der Waals surface area contributed by atoms with Gasteiger partial charge < -0.3 is 19.7 Å². The summed E-state index contributed by atoms with van der Waals surface area (Å²) in [6.07, 6.45) is 0. The largest absolute Gasteiger partial charge is 0.497 e. The number of hydrogen-bond donors (Lipinski definition) is 1. The molecule has 0 radical (unpaired) electrons. The monoisotopic (exact) mass is 517 g/mol. The average Bonchev–Trinajstić information content (AvgIpc) is 2.85. The van der Waals surface area contributed by atoms with Crippen LogP contribution in [0.4, 0.5) is 17.5 Å². The number of nitrogens with one attached hydrogen (secondary N) is 1. The van der Waals surface area contributed by atoms with Gasteiger partial charge >= 0.3 is 0 Å². The van der Waals surface area contributed by atoms with Crippen LogP contribution in [0.25, 0.3) is 0 Å². The number of piperazine rings is 1. The van der Waals surface area contributed by atoms with Crippen molar-refractivity contribution in [1.82, 2.24) is 14.3 Å². The summed E-state index contributed by atoms with van der Waals surface area (Å²) in [4.78, 5) is 11.3. The molecule has 1 aliphatic rings. The molecule has 35 heavy (non-hydrogen) atoms. The summed E-state index contributed by atoms with van der Waals surface area (Å²) >= 11 is 6.22. The third-order valence-electron chi connectivity index (χ3n) is 5.79. The first-order valence-electron chi connectivity index (χ1n) is 11.1. The van der Waals surface area contributed by atoms with Gasteiger partial charge in [0, 0.05) is 48.6 Å². The smallest absolute Gasteiger partial charge is 0.246 e. The predicted molar refractivity (Wildman–Crippen MR) is 137 cm³/mol. The maximum atomic E-state index is 13.3. The molecule has 0 spiro atoms. The van der Waals surface area contributed by atoms with Crippen molar-refractivity contribution in [3.63, 3.8) is 0 Å². The number of rotatable bonds is 7. The normalized spacial score (nSPS) is 14.6. The number of nitrogens with zero attached hydrogens (tertiary/aromatic N) is 4. The minimum atomic E-state index is -3.78. The van der Waals surface area contributed by atoms with Crippen LogP contribution < -0.4 is 19.7 Å². The van der Waals surface area contributed by atoms with E-state index in [1.807, 2.05) is 42.2 Å². The van der Waals surface area contributed by atoms with Crippen LogP contribution in [0.2, 0.25) is 5.02 Å². The van der Waals surface area contributed by atoms with Crippen LogP contribution in [0.15, 0.2) is 47.4 Å². The second kappa shape index (κ2) is 10.3. The maximum Gasteiger partial charge on any atom is 0.246 e. The average molecular weight is 518 g/mol. The lowest BCUT2D eigenvalue weighted by atomic mass is 10.2. The lowest BCUT2D eigenvalue weighted by molar-refractivity contribution is 0.372. The van der Waals surface area contributed by atoms with E-state index in [1.165, 1.54) is 17.5 Å². The van der Waals surface area contributed by atoms with E-state index in [2.05, 4.69) is 15.3 Å². The van der Waals surface area contributed by atoms with E-state index in [1.54, 1.807) is 20.1 Å². The lowest BCUT2D eigenvalue weighted by Crippen LogP contribution is -2.49. The summed E-state index contributed by atoms with van der Waals surface area (Å²) in [6, 6.07) is 12.5. The van der Waals surface area contributed by atoms with Gasteiger partial charge in [-0.25, -0.2) is 13.4 Å². The van der Waals surface area contributed by atoms with Gasteiger partial charge in [0.1, 0.15) is 22.2 Å². The fraction of sp³-hybridized carbons (Fsp3) is 0.333. The summed E-state index contributed by atoms with van der Waals surface area (Å²) in [5.74, 6) is 2.26. The zero-order chi connectivity index (χ0) is 25.2. The summed E-state index contributed by atoms with van der Waals surface area (Å²) in [7, 11) is -0.703. The molecule has 11 heteroatoms. The molecule has 9 nitrogen and oxygen atoms in total. The molecule has 186 valence electrons. The maximum absolute atomic E-state index is 13.3. The second-order valence-electron chi connectivity index (χ2n) is 8.19. The van der Waals surface area contributed by atoms with E-state index >= 15 is 0 Å². The topological polar surface area (TPSA) is 96.9 Å².